The molecular formula is C18H23N3O4S. The Morgan fingerprint density at radius 3 is 2.88 bits per heavy atom. The first-order valence-electron chi connectivity index (χ1n) is 8.24. The standard InChI is InChI=1S/C18H23N3O4S/c1-5-7-19-16(22)13-10-15(21(12(13)3)8-9-24-4)14-11-26-17(20-14)18(23)25-6-2/h5,10-11H,1,6-9H2,2-4H3,(H,19,22). The number of nitrogens with one attached hydrogen (secondary N) is 1. The number of nitrogens with zero attached hydrogens (tertiary/aromatic N) is 2. The molecule has 1 amide bonds. The van der Waals surface area contributed by atoms with Gasteiger partial charge < -0.3 is 19.4 Å². The zero-order valence-corrected chi connectivity index (χ0v) is 16.0. The van der Waals surface area contributed by atoms with Gasteiger partial charge in [-0.15, -0.1) is 17.9 Å². The summed E-state index contributed by atoms with van der Waals surface area (Å²) < 4.78 is 12.1. The van der Waals surface area contributed by atoms with E-state index in [4.69, 9.17) is 9.47 Å². The van der Waals surface area contributed by atoms with Gasteiger partial charge >= 0.3 is 5.97 Å². The molecule has 140 valence electrons. The average Bonchev–Trinajstić information content (AvgIpc) is 3.23. The summed E-state index contributed by atoms with van der Waals surface area (Å²) in [5.41, 5.74) is 2.75. The van der Waals surface area contributed by atoms with Crippen LogP contribution < -0.4 is 5.32 Å². The van der Waals surface area contributed by atoms with Gasteiger partial charge in [0.2, 0.25) is 5.01 Å². The molecule has 0 unspecified atom stereocenters. The summed E-state index contributed by atoms with van der Waals surface area (Å²) >= 11 is 1.22. The average molecular weight is 377 g/mol. The van der Waals surface area contributed by atoms with Crippen molar-refractivity contribution in [2.45, 2.75) is 20.4 Å². The van der Waals surface area contributed by atoms with Gasteiger partial charge in [0.1, 0.15) is 0 Å². The fourth-order valence-corrected chi connectivity index (χ4v) is 3.20. The molecule has 0 saturated heterocycles. The molecule has 7 nitrogen and oxygen atoms in total. The highest BCUT2D eigenvalue weighted by molar-refractivity contribution is 7.11. The lowest BCUT2D eigenvalue weighted by atomic mass is 10.2. The summed E-state index contributed by atoms with van der Waals surface area (Å²) in [4.78, 5) is 28.6. The van der Waals surface area contributed by atoms with Crippen molar-refractivity contribution in [1.29, 1.82) is 0 Å². The molecule has 2 aromatic heterocycles. The van der Waals surface area contributed by atoms with Crippen LogP contribution in [0.3, 0.4) is 0 Å². The molecule has 0 aliphatic rings. The van der Waals surface area contributed by atoms with Gasteiger partial charge in [0.25, 0.3) is 5.91 Å². The highest BCUT2D eigenvalue weighted by Crippen LogP contribution is 2.27. The first-order valence-corrected chi connectivity index (χ1v) is 9.12. The highest BCUT2D eigenvalue weighted by Gasteiger charge is 2.21. The minimum Gasteiger partial charge on any atom is -0.461 e. The molecule has 0 spiro atoms. The lowest BCUT2D eigenvalue weighted by Crippen LogP contribution is -2.23. The summed E-state index contributed by atoms with van der Waals surface area (Å²) in [6.45, 7) is 8.98. The molecule has 8 heteroatoms. The maximum absolute atomic E-state index is 12.4. The van der Waals surface area contributed by atoms with Gasteiger partial charge in [-0.1, -0.05) is 6.08 Å². The van der Waals surface area contributed by atoms with Gasteiger partial charge in [-0.3, -0.25) is 4.79 Å². The van der Waals surface area contributed by atoms with Crippen LogP contribution in [0, 0.1) is 6.92 Å². The quantitative estimate of drug-likeness (QED) is 0.537. The first-order chi connectivity index (χ1) is 12.5. The van der Waals surface area contributed by atoms with E-state index in [-0.39, 0.29) is 10.9 Å². The molecule has 0 atom stereocenters. The third kappa shape index (κ3) is 4.39. The highest BCUT2D eigenvalue weighted by atomic mass is 32.1. The molecule has 2 aromatic rings. The van der Waals surface area contributed by atoms with E-state index in [9.17, 15) is 9.59 Å². The smallest absolute Gasteiger partial charge is 0.367 e. The van der Waals surface area contributed by atoms with Gasteiger partial charge in [0.05, 0.1) is 30.2 Å². The molecule has 0 saturated carbocycles. The summed E-state index contributed by atoms with van der Waals surface area (Å²) in [5.74, 6) is -0.625. The van der Waals surface area contributed by atoms with E-state index in [1.54, 1.807) is 31.6 Å². The van der Waals surface area contributed by atoms with Crippen molar-refractivity contribution in [1.82, 2.24) is 14.9 Å². The molecule has 0 bridgehead atoms. The molecule has 0 aliphatic carbocycles. The number of aromatic nitrogens is 2. The maximum atomic E-state index is 12.4. The fourth-order valence-electron chi connectivity index (χ4n) is 2.50. The van der Waals surface area contributed by atoms with E-state index in [1.807, 2.05) is 11.5 Å². The molecule has 0 radical (unpaired) electrons. The number of carbonyl (C=O) groups excluding carboxylic acids is 2. The summed E-state index contributed by atoms with van der Waals surface area (Å²) in [5, 5.41) is 4.86. The Labute approximate surface area is 156 Å². The Kier molecular flexibility index (Phi) is 7.11. The predicted molar refractivity (Wildman–Crippen MR) is 101 cm³/mol. The summed E-state index contributed by atoms with van der Waals surface area (Å²) in [7, 11) is 1.62. The fraction of sp³-hybridized carbons (Fsp3) is 0.389. The lowest BCUT2D eigenvalue weighted by Gasteiger charge is -2.10. The molecule has 0 fully saturated rings. The number of hydrogen-bond acceptors (Lipinski definition) is 6. The molecule has 2 heterocycles. The lowest BCUT2D eigenvalue weighted by molar-refractivity contribution is 0.0526. The topological polar surface area (TPSA) is 82.5 Å². The molecular weight excluding hydrogens is 354 g/mol. The Morgan fingerprint density at radius 2 is 2.23 bits per heavy atom. The van der Waals surface area contributed by atoms with E-state index in [2.05, 4.69) is 16.9 Å². The van der Waals surface area contributed by atoms with Crippen LogP contribution in [0.5, 0.6) is 0 Å². The summed E-state index contributed by atoms with van der Waals surface area (Å²) in [6.07, 6.45) is 1.63. The number of methoxy groups -OCH3 is 1. The van der Waals surface area contributed by atoms with Gasteiger partial charge in [0, 0.05) is 31.3 Å². The van der Waals surface area contributed by atoms with Gasteiger partial charge in [-0.25, -0.2) is 9.78 Å². The van der Waals surface area contributed by atoms with Crippen molar-refractivity contribution in [2.24, 2.45) is 0 Å². The van der Waals surface area contributed by atoms with Crippen molar-refractivity contribution < 1.29 is 19.1 Å². The zero-order chi connectivity index (χ0) is 19.1. The van der Waals surface area contributed by atoms with Crippen molar-refractivity contribution >= 4 is 23.2 Å². The van der Waals surface area contributed by atoms with Crippen LogP contribution in [0.15, 0.2) is 24.1 Å². The second-order valence-corrected chi connectivity index (χ2v) is 6.29. The maximum Gasteiger partial charge on any atom is 0.367 e. The van der Waals surface area contributed by atoms with Crippen LogP contribution in [0.4, 0.5) is 0 Å². The third-order valence-electron chi connectivity index (χ3n) is 3.75. The van der Waals surface area contributed by atoms with E-state index < -0.39 is 5.97 Å². The number of carbonyl (C=O) groups is 2. The predicted octanol–water partition coefficient (Wildman–Crippen LogP) is 2.66. The molecule has 2 rings (SSSR count). The number of amides is 1. The number of ether oxygens (including phenoxy) is 2. The van der Waals surface area contributed by atoms with Crippen LogP contribution in [-0.2, 0) is 16.0 Å². The van der Waals surface area contributed by atoms with Crippen molar-refractivity contribution in [3.63, 3.8) is 0 Å². The van der Waals surface area contributed by atoms with Gasteiger partial charge in [-0.2, -0.15) is 0 Å². The van der Waals surface area contributed by atoms with E-state index >= 15 is 0 Å². The Morgan fingerprint density at radius 1 is 1.46 bits per heavy atom. The third-order valence-corrected chi connectivity index (χ3v) is 4.58. The minimum atomic E-state index is -0.445. The van der Waals surface area contributed by atoms with Crippen LogP contribution in [0.2, 0.25) is 0 Å². The minimum absolute atomic E-state index is 0.180. The molecule has 1 N–H and O–H groups in total. The molecule has 0 aromatic carbocycles. The van der Waals surface area contributed by atoms with Gasteiger partial charge in [-0.05, 0) is 19.9 Å². The largest absolute Gasteiger partial charge is 0.461 e. The molecule has 26 heavy (non-hydrogen) atoms. The Balaban J connectivity index is 2.41. The SMILES string of the molecule is C=CCNC(=O)c1cc(-c2csc(C(=O)OCC)n2)n(CCOC)c1C. The number of rotatable bonds is 9. The second kappa shape index (κ2) is 9.30. The van der Waals surface area contributed by atoms with E-state index in [0.29, 0.717) is 37.6 Å². The summed E-state index contributed by atoms with van der Waals surface area (Å²) in [6, 6.07) is 1.79. The van der Waals surface area contributed by atoms with Crippen molar-refractivity contribution in [3.05, 3.63) is 40.4 Å². The van der Waals surface area contributed by atoms with E-state index in [1.165, 1.54) is 11.3 Å². The van der Waals surface area contributed by atoms with Crippen LogP contribution >= 0.6 is 11.3 Å². The van der Waals surface area contributed by atoms with Crippen LogP contribution in [-0.4, -0.2) is 48.3 Å². The first kappa shape index (κ1) is 19.9. The Hall–Kier alpha value is -2.45. The monoisotopic (exact) mass is 377 g/mol. The number of thiazole rings is 1. The van der Waals surface area contributed by atoms with E-state index in [0.717, 1.165) is 11.4 Å². The zero-order valence-electron chi connectivity index (χ0n) is 15.2. The molecule has 0 aliphatic heterocycles. The van der Waals surface area contributed by atoms with Crippen LogP contribution in [0.25, 0.3) is 11.4 Å². The van der Waals surface area contributed by atoms with Gasteiger partial charge in [0.15, 0.2) is 0 Å². The van der Waals surface area contributed by atoms with Crippen molar-refractivity contribution in [3.8, 4) is 11.4 Å². The van der Waals surface area contributed by atoms with Crippen LogP contribution in [0.1, 0.15) is 32.8 Å². The second-order valence-electron chi connectivity index (χ2n) is 5.43. The normalized spacial score (nSPS) is 10.6. The number of hydrogen-bond donors (Lipinski definition) is 1. The number of esters is 1. The Bertz CT molecular complexity index is 794. The van der Waals surface area contributed by atoms with Crippen molar-refractivity contribution in [2.75, 3.05) is 26.9 Å².